The molecular weight excluding hydrogens is 325 g/mol. The van der Waals surface area contributed by atoms with E-state index in [0.29, 0.717) is 36.5 Å². The minimum absolute atomic E-state index is 0.0976. The molecular formula is C14H19F3N6O. The van der Waals surface area contributed by atoms with Crippen molar-refractivity contribution in [3.05, 3.63) is 22.8 Å². The van der Waals surface area contributed by atoms with Gasteiger partial charge in [-0.25, -0.2) is 9.50 Å². The Labute approximate surface area is 136 Å². The van der Waals surface area contributed by atoms with E-state index < -0.39 is 12.0 Å². The average molecular weight is 344 g/mol. The molecule has 0 aliphatic heterocycles. The van der Waals surface area contributed by atoms with Crippen molar-refractivity contribution >= 4 is 11.7 Å². The molecule has 10 heteroatoms. The molecule has 0 aliphatic rings. The predicted molar refractivity (Wildman–Crippen MR) is 80.5 cm³/mol. The van der Waals surface area contributed by atoms with Crippen molar-refractivity contribution in [1.29, 1.82) is 0 Å². The Balaban J connectivity index is 2.20. The summed E-state index contributed by atoms with van der Waals surface area (Å²) in [5.41, 5.74) is 1.75. The van der Waals surface area contributed by atoms with Gasteiger partial charge < -0.3 is 10.6 Å². The van der Waals surface area contributed by atoms with Crippen LogP contribution >= 0.6 is 0 Å². The number of carbonyl (C=O) groups is 1. The van der Waals surface area contributed by atoms with Gasteiger partial charge in [0, 0.05) is 30.9 Å². The first-order chi connectivity index (χ1) is 11.2. The fraction of sp³-hybridized carbons (Fsp3) is 0.571. The second-order valence-electron chi connectivity index (χ2n) is 5.36. The summed E-state index contributed by atoms with van der Waals surface area (Å²) in [4.78, 5) is 19.3. The molecule has 1 amide bonds. The largest absolute Gasteiger partial charge is 0.453 e. The molecule has 0 aromatic carbocycles. The zero-order valence-electron chi connectivity index (χ0n) is 13.7. The van der Waals surface area contributed by atoms with E-state index in [-0.39, 0.29) is 18.1 Å². The van der Waals surface area contributed by atoms with Gasteiger partial charge in [0.2, 0.25) is 5.91 Å². The molecule has 0 atom stereocenters. The molecule has 0 spiro atoms. The monoisotopic (exact) mass is 344 g/mol. The van der Waals surface area contributed by atoms with E-state index in [0.717, 1.165) is 4.52 Å². The first-order valence-corrected chi connectivity index (χ1v) is 7.45. The van der Waals surface area contributed by atoms with Crippen LogP contribution in [0.5, 0.6) is 0 Å². The SMILES string of the molecule is CNCCNC(=O)CCc1c(C)nc2nc(C(F)(F)F)nn2c1C. The van der Waals surface area contributed by atoms with Gasteiger partial charge in [0.15, 0.2) is 0 Å². The average Bonchev–Trinajstić information content (AvgIpc) is 2.91. The second kappa shape index (κ2) is 7.12. The molecule has 0 fully saturated rings. The molecule has 0 bridgehead atoms. The molecule has 2 N–H and O–H groups in total. The highest BCUT2D eigenvalue weighted by molar-refractivity contribution is 5.76. The van der Waals surface area contributed by atoms with Crippen LogP contribution in [-0.2, 0) is 17.4 Å². The summed E-state index contributed by atoms with van der Waals surface area (Å²) >= 11 is 0. The van der Waals surface area contributed by atoms with Crippen LogP contribution in [-0.4, -0.2) is 45.6 Å². The van der Waals surface area contributed by atoms with Gasteiger partial charge in [0.05, 0.1) is 0 Å². The summed E-state index contributed by atoms with van der Waals surface area (Å²) < 4.78 is 39.3. The number of hydrogen-bond acceptors (Lipinski definition) is 5. The summed E-state index contributed by atoms with van der Waals surface area (Å²) in [5, 5.41) is 9.15. The summed E-state index contributed by atoms with van der Waals surface area (Å²) in [6.07, 6.45) is -4.03. The fourth-order valence-electron chi connectivity index (χ4n) is 2.34. The molecule has 2 heterocycles. The van der Waals surface area contributed by atoms with Crippen LogP contribution in [0.25, 0.3) is 5.78 Å². The maximum Gasteiger partial charge on any atom is 0.453 e. The number of nitrogens with one attached hydrogen (secondary N) is 2. The molecule has 2 rings (SSSR count). The lowest BCUT2D eigenvalue weighted by atomic mass is 10.1. The van der Waals surface area contributed by atoms with E-state index in [9.17, 15) is 18.0 Å². The number of halogens is 3. The predicted octanol–water partition coefficient (Wildman–Crippen LogP) is 1.03. The number of aryl methyl sites for hydroxylation is 2. The third-order valence-corrected chi connectivity index (χ3v) is 3.60. The maximum atomic E-state index is 12.7. The van der Waals surface area contributed by atoms with Crippen molar-refractivity contribution in [3.63, 3.8) is 0 Å². The molecule has 7 nitrogen and oxygen atoms in total. The number of fused-ring (bicyclic) bond motifs is 1. The van der Waals surface area contributed by atoms with Crippen LogP contribution in [0.4, 0.5) is 13.2 Å². The molecule has 132 valence electrons. The number of alkyl halides is 3. The topological polar surface area (TPSA) is 84.2 Å². The van der Waals surface area contributed by atoms with E-state index in [4.69, 9.17) is 0 Å². The molecule has 0 radical (unpaired) electrons. The molecule has 0 saturated carbocycles. The summed E-state index contributed by atoms with van der Waals surface area (Å²) in [7, 11) is 1.78. The lowest BCUT2D eigenvalue weighted by Gasteiger charge is -2.10. The fourth-order valence-corrected chi connectivity index (χ4v) is 2.34. The molecule has 24 heavy (non-hydrogen) atoms. The molecule has 0 saturated heterocycles. The van der Waals surface area contributed by atoms with Crippen molar-refractivity contribution in [2.24, 2.45) is 0 Å². The van der Waals surface area contributed by atoms with Gasteiger partial charge in [-0.15, -0.1) is 5.10 Å². The van der Waals surface area contributed by atoms with Crippen molar-refractivity contribution in [2.75, 3.05) is 20.1 Å². The van der Waals surface area contributed by atoms with Crippen LogP contribution in [0, 0.1) is 13.8 Å². The maximum absolute atomic E-state index is 12.7. The number of amides is 1. The Kier molecular flexibility index (Phi) is 5.37. The number of likely N-dealkylation sites (N-methyl/N-ethyl adjacent to an activating group) is 1. The Bertz CT molecular complexity index is 740. The summed E-state index contributed by atoms with van der Waals surface area (Å²) in [6.45, 7) is 4.51. The highest BCUT2D eigenvalue weighted by Crippen LogP contribution is 2.27. The van der Waals surface area contributed by atoms with Crippen LogP contribution in [0.3, 0.4) is 0 Å². The van der Waals surface area contributed by atoms with E-state index >= 15 is 0 Å². The Morgan fingerprint density at radius 2 is 1.92 bits per heavy atom. The number of nitrogens with zero attached hydrogens (tertiary/aromatic N) is 4. The smallest absolute Gasteiger partial charge is 0.355 e. The van der Waals surface area contributed by atoms with E-state index in [1.54, 1.807) is 20.9 Å². The minimum atomic E-state index is -4.62. The lowest BCUT2D eigenvalue weighted by molar-refractivity contribution is -0.144. The van der Waals surface area contributed by atoms with Crippen LogP contribution in [0.15, 0.2) is 0 Å². The van der Waals surface area contributed by atoms with E-state index in [2.05, 4.69) is 25.7 Å². The van der Waals surface area contributed by atoms with E-state index in [1.165, 1.54) is 0 Å². The third kappa shape index (κ3) is 3.99. The number of carbonyl (C=O) groups excluding carboxylic acids is 1. The summed E-state index contributed by atoms with van der Waals surface area (Å²) in [6, 6.07) is 0. The molecule has 0 unspecified atom stereocenters. The van der Waals surface area contributed by atoms with Gasteiger partial charge in [-0.1, -0.05) is 0 Å². The zero-order chi connectivity index (χ0) is 17.9. The van der Waals surface area contributed by atoms with Crippen LogP contribution in [0.1, 0.15) is 29.2 Å². The van der Waals surface area contributed by atoms with Crippen molar-refractivity contribution in [2.45, 2.75) is 32.9 Å². The van der Waals surface area contributed by atoms with Gasteiger partial charge in [-0.2, -0.15) is 18.2 Å². The first kappa shape index (κ1) is 18.1. The number of aromatic nitrogens is 4. The Morgan fingerprint density at radius 1 is 1.21 bits per heavy atom. The Morgan fingerprint density at radius 3 is 2.54 bits per heavy atom. The van der Waals surface area contributed by atoms with Gasteiger partial charge >= 0.3 is 6.18 Å². The normalized spacial score (nSPS) is 11.9. The highest BCUT2D eigenvalue weighted by Gasteiger charge is 2.36. The lowest BCUT2D eigenvalue weighted by Crippen LogP contribution is -2.30. The second-order valence-corrected chi connectivity index (χ2v) is 5.36. The first-order valence-electron chi connectivity index (χ1n) is 7.45. The Hall–Kier alpha value is -2.23. The van der Waals surface area contributed by atoms with Crippen molar-refractivity contribution in [1.82, 2.24) is 30.2 Å². The van der Waals surface area contributed by atoms with E-state index in [1.807, 2.05) is 0 Å². The third-order valence-electron chi connectivity index (χ3n) is 3.60. The molecule has 0 aliphatic carbocycles. The number of hydrogen-bond donors (Lipinski definition) is 2. The molecule has 2 aromatic rings. The van der Waals surface area contributed by atoms with Gasteiger partial charge in [-0.3, -0.25) is 4.79 Å². The van der Waals surface area contributed by atoms with Crippen molar-refractivity contribution in [3.8, 4) is 0 Å². The number of rotatable bonds is 6. The standard InChI is InChI=1S/C14H19F3N6O/c1-8-10(4-5-11(24)19-7-6-18-3)9(2)23-13(20-8)21-12(22-23)14(15,16)17/h18H,4-7H2,1-3H3,(H,19,24). The summed E-state index contributed by atoms with van der Waals surface area (Å²) in [5.74, 6) is -1.45. The quantitative estimate of drug-likeness (QED) is 0.765. The van der Waals surface area contributed by atoms with Gasteiger partial charge in [0.25, 0.3) is 11.6 Å². The molecule has 2 aromatic heterocycles. The van der Waals surface area contributed by atoms with Crippen molar-refractivity contribution < 1.29 is 18.0 Å². The van der Waals surface area contributed by atoms with Crippen LogP contribution in [0.2, 0.25) is 0 Å². The zero-order valence-corrected chi connectivity index (χ0v) is 13.7. The van der Waals surface area contributed by atoms with Crippen LogP contribution < -0.4 is 10.6 Å². The highest BCUT2D eigenvalue weighted by atomic mass is 19.4. The van der Waals surface area contributed by atoms with Gasteiger partial charge in [-0.05, 0) is 32.9 Å². The minimum Gasteiger partial charge on any atom is -0.355 e. The van der Waals surface area contributed by atoms with Gasteiger partial charge in [0.1, 0.15) is 0 Å².